The Morgan fingerprint density at radius 2 is 1.62 bits per heavy atom. The molecule has 0 bridgehead atoms. The molecule has 6 rings (SSSR count). The molecule has 1 aromatic heterocycles. The fourth-order valence-corrected chi connectivity index (χ4v) is 5.70. The average molecular weight is 552 g/mol. The lowest BCUT2D eigenvalue weighted by molar-refractivity contribution is -0.231. The maximum atomic E-state index is 13.6. The number of benzene rings is 2. The molecule has 3 aliphatic heterocycles. The number of rotatable bonds is 7. The highest BCUT2D eigenvalue weighted by Gasteiger charge is 2.62. The number of para-hydroxylation sites is 3. The van der Waals surface area contributed by atoms with Crippen LogP contribution in [0, 0.1) is 0 Å². The summed E-state index contributed by atoms with van der Waals surface area (Å²) >= 11 is 0. The average Bonchev–Trinajstić information content (AvgIpc) is 3.51. The number of amides is 1. The first-order valence-corrected chi connectivity index (χ1v) is 13.8. The van der Waals surface area contributed by atoms with Crippen molar-refractivity contribution in [2.45, 2.75) is 103 Å². The van der Waals surface area contributed by atoms with Crippen molar-refractivity contribution >= 4 is 16.9 Å². The summed E-state index contributed by atoms with van der Waals surface area (Å²) in [6.45, 7) is 12.0. The molecule has 0 radical (unpaired) electrons. The van der Waals surface area contributed by atoms with Gasteiger partial charge >= 0.3 is 0 Å². The minimum Gasteiger partial charge on any atom is -0.491 e. The van der Waals surface area contributed by atoms with Gasteiger partial charge in [0.15, 0.2) is 24.0 Å². The molecule has 3 saturated heterocycles. The fourth-order valence-electron chi connectivity index (χ4n) is 5.70. The summed E-state index contributed by atoms with van der Waals surface area (Å²) in [6, 6.07) is 15.9. The number of ether oxygens (including phenoxy) is 6. The predicted molar refractivity (Wildman–Crippen MR) is 145 cm³/mol. The first-order valence-electron chi connectivity index (χ1n) is 13.8. The third kappa shape index (κ3) is 5.22. The molecule has 3 fully saturated rings. The van der Waals surface area contributed by atoms with Crippen molar-refractivity contribution in [3.05, 3.63) is 59.9 Å². The summed E-state index contributed by atoms with van der Waals surface area (Å²) in [5, 5.41) is 3.03. The molecule has 40 heavy (non-hydrogen) atoms. The zero-order valence-corrected chi connectivity index (χ0v) is 23.7. The molecule has 3 aliphatic rings. The Kier molecular flexibility index (Phi) is 6.87. The van der Waals surface area contributed by atoms with E-state index < -0.39 is 42.3 Å². The van der Waals surface area contributed by atoms with E-state index in [0.717, 1.165) is 22.3 Å². The van der Waals surface area contributed by atoms with E-state index in [1.54, 1.807) is 0 Å². The third-order valence-corrected chi connectivity index (χ3v) is 7.23. The van der Waals surface area contributed by atoms with E-state index in [-0.39, 0.29) is 18.6 Å². The van der Waals surface area contributed by atoms with Gasteiger partial charge in [-0.05, 0) is 59.7 Å². The molecule has 3 aromatic rings. The summed E-state index contributed by atoms with van der Waals surface area (Å²) in [6.07, 6.45) is -3.29. The monoisotopic (exact) mass is 551 g/mol. The summed E-state index contributed by atoms with van der Waals surface area (Å²) in [5.41, 5.74) is 2.84. The fraction of sp³-hybridized carbons (Fsp3) is 0.533. The second kappa shape index (κ2) is 10.1. The number of carbonyl (C=O) groups excluding carboxylic acids is 1. The number of fused-ring (bicyclic) bond motifs is 4. The van der Waals surface area contributed by atoms with E-state index in [4.69, 9.17) is 33.4 Å². The van der Waals surface area contributed by atoms with E-state index in [1.807, 2.05) is 90.1 Å². The van der Waals surface area contributed by atoms with Crippen LogP contribution in [0.15, 0.2) is 48.5 Å². The molecule has 2 aromatic carbocycles. The lowest BCUT2D eigenvalue weighted by atomic mass is 9.98. The van der Waals surface area contributed by atoms with Crippen LogP contribution in [0.3, 0.4) is 0 Å². The molecule has 0 aliphatic carbocycles. The minimum absolute atomic E-state index is 0.0462. The molecule has 214 valence electrons. The number of hydrogen-bond donors (Lipinski definition) is 1. The molecule has 5 atom stereocenters. The predicted octanol–water partition coefficient (Wildman–Crippen LogP) is 3.88. The Hall–Kier alpha value is -3.02. The number of carbonyl (C=O) groups is 1. The van der Waals surface area contributed by atoms with Gasteiger partial charge in [0, 0.05) is 5.56 Å². The van der Waals surface area contributed by atoms with Gasteiger partial charge in [0.1, 0.15) is 29.9 Å². The summed E-state index contributed by atoms with van der Waals surface area (Å²) in [4.78, 5) is 18.5. The van der Waals surface area contributed by atoms with E-state index in [2.05, 4.69) is 9.88 Å². The van der Waals surface area contributed by atoms with Crippen molar-refractivity contribution in [3.63, 3.8) is 0 Å². The first-order chi connectivity index (χ1) is 19.0. The Labute approximate surface area is 233 Å². The van der Waals surface area contributed by atoms with Crippen molar-refractivity contribution in [2.24, 2.45) is 0 Å². The van der Waals surface area contributed by atoms with Crippen LogP contribution in [-0.4, -0.2) is 63.8 Å². The number of aromatic nitrogens is 2. The minimum atomic E-state index is -0.941. The third-order valence-electron chi connectivity index (χ3n) is 7.23. The van der Waals surface area contributed by atoms with Crippen LogP contribution in [0.25, 0.3) is 11.0 Å². The number of nitrogens with zero attached hydrogens (tertiary/aromatic N) is 2. The van der Waals surface area contributed by atoms with E-state index in [0.29, 0.717) is 12.4 Å². The maximum Gasteiger partial charge on any atom is 0.252 e. The van der Waals surface area contributed by atoms with Crippen LogP contribution in [0.1, 0.15) is 52.9 Å². The van der Waals surface area contributed by atoms with E-state index in [9.17, 15) is 4.79 Å². The van der Waals surface area contributed by atoms with Gasteiger partial charge in [-0.3, -0.25) is 4.79 Å². The van der Waals surface area contributed by atoms with Crippen LogP contribution in [-0.2, 0) is 41.6 Å². The van der Waals surface area contributed by atoms with E-state index in [1.165, 1.54) is 0 Å². The Balaban J connectivity index is 1.24. The van der Waals surface area contributed by atoms with Crippen LogP contribution in [0.5, 0.6) is 5.75 Å². The van der Waals surface area contributed by atoms with Crippen molar-refractivity contribution < 1.29 is 33.2 Å². The van der Waals surface area contributed by atoms with Gasteiger partial charge < -0.3 is 38.3 Å². The lowest BCUT2D eigenvalue weighted by Gasteiger charge is -2.36. The Bertz CT molecular complexity index is 1400. The highest BCUT2D eigenvalue weighted by molar-refractivity contribution is 5.82. The SMILES string of the molecule is CC(C)Oc1ccccc1Cn1c(CNC(=O)[C@H]2O[C@@H]3OC(C)(C)O[C@@H]3[C@H]3OC(C)(C)O[C@H]32)nc2ccccc21. The first kappa shape index (κ1) is 27.2. The van der Waals surface area contributed by atoms with Crippen molar-refractivity contribution in [3.8, 4) is 5.75 Å². The zero-order valence-electron chi connectivity index (χ0n) is 23.7. The van der Waals surface area contributed by atoms with Crippen molar-refractivity contribution in [1.82, 2.24) is 14.9 Å². The molecular formula is C30H37N3O7. The molecule has 0 saturated carbocycles. The van der Waals surface area contributed by atoms with Gasteiger partial charge in [0.25, 0.3) is 5.91 Å². The van der Waals surface area contributed by atoms with Crippen LogP contribution >= 0.6 is 0 Å². The van der Waals surface area contributed by atoms with Crippen LogP contribution < -0.4 is 10.1 Å². The van der Waals surface area contributed by atoms with E-state index >= 15 is 0 Å². The van der Waals surface area contributed by atoms with Gasteiger partial charge in [-0.25, -0.2) is 4.98 Å². The van der Waals surface area contributed by atoms with Gasteiger partial charge in [0.2, 0.25) is 0 Å². The highest BCUT2D eigenvalue weighted by Crippen LogP contribution is 2.44. The summed E-state index contributed by atoms with van der Waals surface area (Å²) in [7, 11) is 0. The molecule has 4 heterocycles. The number of hydrogen-bond acceptors (Lipinski definition) is 8. The standard InChI is InChI=1S/C30H37N3O7/c1-17(2)35-21-14-10-7-11-18(21)16-33-20-13-9-8-12-19(20)32-22(33)15-31-27(34)25-23-24(38-29(3,4)37-23)26-28(36-25)40-30(5,6)39-26/h7-14,17,23-26,28H,15-16H2,1-6H3,(H,31,34)/t23-,24+,25+,26-,28-/m1/s1. The maximum absolute atomic E-state index is 13.6. The topological polar surface area (TPSA) is 102 Å². The van der Waals surface area contributed by atoms with Gasteiger partial charge in [0.05, 0.1) is 30.2 Å². The number of imidazole rings is 1. The van der Waals surface area contributed by atoms with Crippen LogP contribution in [0.4, 0.5) is 0 Å². The second-order valence-corrected chi connectivity index (χ2v) is 11.7. The van der Waals surface area contributed by atoms with Crippen molar-refractivity contribution in [1.29, 1.82) is 0 Å². The van der Waals surface area contributed by atoms with Crippen molar-refractivity contribution in [2.75, 3.05) is 0 Å². The molecule has 0 unspecified atom stereocenters. The smallest absolute Gasteiger partial charge is 0.252 e. The van der Waals surface area contributed by atoms with Gasteiger partial charge in [-0.15, -0.1) is 0 Å². The molecule has 10 nitrogen and oxygen atoms in total. The Morgan fingerprint density at radius 3 is 2.42 bits per heavy atom. The molecule has 1 amide bonds. The summed E-state index contributed by atoms with van der Waals surface area (Å²) < 4.78 is 38.6. The quantitative estimate of drug-likeness (QED) is 0.472. The lowest BCUT2D eigenvalue weighted by Crippen LogP contribution is -2.59. The normalized spacial score (nSPS) is 28.4. The van der Waals surface area contributed by atoms with Gasteiger partial charge in [-0.2, -0.15) is 0 Å². The highest BCUT2D eigenvalue weighted by atomic mass is 16.9. The largest absolute Gasteiger partial charge is 0.491 e. The molecular weight excluding hydrogens is 514 g/mol. The number of nitrogens with one attached hydrogen (secondary N) is 1. The molecule has 10 heteroatoms. The second-order valence-electron chi connectivity index (χ2n) is 11.7. The van der Waals surface area contributed by atoms with Crippen LogP contribution in [0.2, 0.25) is 0 Å². The Morgan fingerprint density at radius 1 is 0.950 bits per heavy atom. The molecule has 1 N–H and O–H groups in total. The zero-order chi connectivity index (χ0) is 28.2. The van der Waals surface area contributed by atoms with Gasteiger partial charge in [-0.1, -0.05) is 30.3 Å². The summed E-state index contributed by atoms with van der Waals surface area (Å²) in [5.74, 6) is -0.539. The molecule has 0 spiro atoms.